The first-order chi connectivity index (χ1) is 19.8. The van der Waals surface area contributed by atoms with E-state index in [1.807, 2.05) is 30.5 Å². The summed E-state index contributed by atoms with van der Waals surface area (Å²) in [5, 5.41) is 7.79. The van der Waals surface area contributed by atoms with E-state index in [0.29, 0.717) is 33.9 Å². The number of hydrogen-bond acceptors (Lipinski definition) is 6. The fraction of sp³-hybridized carbons (Fsp3) is 0.226. The summed E-state index contributed by atoms with van der Waals surface area (Å²) >= 11 is 6.37. The molecule has 3 aromatic carbocycles. The molecule has 7 rings (SSSR count). The Balaban J connectivity index is 1.33. The highest BCUT2D eigenvalue weighted by Crippen LogP contribution is 2.54. The third-order valence-electron chi connectivity index (χ3n) is 8.43. The van der Waals surface area contributed by atoms with Crippen LogP contribution in [0.1, 0.15) is 28.4 Å². The number of halogens is 1. The van der Waals surface area contributed by atoms with Gasteiger partial charge in [0, 0.05) is 39.4 Å². The lowest BCUT2D eigenvalue weighted by Crippen LogP contribution is -2.53. The molecule has 4 aromatic rings. The molecule has 1 aromatic heterocycles. The average Bonchev–Trinajstić information content (AvgIpc) is 3.68. The molecule has 0 saturated carbocycles. The second kappa shape index (κ2) is 9.29. The van der Waals surface area contributed by atoms with Gasteiger partial charge in [0.1, 0.15) is 5.54 Å². The number of H-pyrrole nitrogens is 1. The van der Waals surface area contributed by atoms with Crippen LogP contribution in [-0.2, 0) is 31.1 Å². The second-order valence-electron chi connectivity index (χ2n) is 10.5. The Morgan fingerprint density at radius 1 is 1.02 bits per heavy atom. The number of rotatable bonds is 5. The zero-order chi connectivity index (χ0) is 28.5. The normalized spacial score (nSPS) is 24.7. The summed E-state index contributed by atoms with van der Waals surface area (Å²) in [6, 6.07) is 18.5. The number of aromatic amines is 1. The van der Waals surface area contributed by atoms with E-state index in [1.54, 1.807) is 37.3 Å². The molecule has 3 aliphatic rings. The fourth-order valence-corrected chi connectivity index (χ4v) is 6.87. The fourth-order valence-electron chi connectivity index (χ4n) is 6.70. The zero-order valence-corrected chi connectivity index (χ0v) is 22.7. The number of fused-ring (bicyclic) bond motifs is 5. The number of aromatic nitrogens is 1. The van der Waals surface area contributed by atoms with Crippen molar-refractivity contribution in [2.75, 3.05) is 16.8 Å². The first-order valence-corrected chi connectivity index (χ1v) is 13.8. The Bertz CT molecular complexity index is 1770. The van der Waals surface area contributed by atoms with Crippen molar-refractivity contribution < 1.29 is 23.9 Å². The molecule has 2 saturated heterocycles. The maximum Gasteiger partial charge on any atom is 0.338 e. The molecule has 4 heterocycles. The molecule has 3 aliphatic heterocycles. The molecule has 0 bridgehead atoms. The lowest BCUT2D eigenvalue weighted by atomic mass is 9.76. The van der Waals surface area contributed by atoms with E-state index < -0.39 is 47.1 Å². The van der Waals surface area contributed by atoms with Crippen LogP contribution in [0.25, 0.3) is 10.9 Å². The van der Waals surface area contributed by atoms with E-state index in [1.165, 1.54) is 12.1 Å². The van der Waals surface area contributed by atoms with Crippen LogP contribution in [0.15, 0.2) is 72.9 Å². The third kappa shape index (κ3) is 3.66. The lowest BCUT2D eigenvalue weighted by Gasteiger charge is -2.29. The Morgan fingerprint density at radius 2 is 1.80 bits per heavy atom. The van der Waals surface area contributed by atoms with Gasteiger partial charge in [-0.1, -0.05) is 29.8 Å². The number of nitrogens with zero attached hydrogens (tertiary/aromatic N) is 1. The predicted octanol–water partition coefficient (Wildman–Crippen LogP) is 4.17. The predicted molar refractivity (Wildman–Crippen MR) is 153 cm³/mol. The van der Waals surface area contributed by atoms with E-state index in [0.717, 1.165) is 21.4 Å². The molecule has 3 amide bonds. The van der Waals surface area contributed by atoms with Gasteiger partial charge in [-0.05, 0) is 67.4 Å². The van der Waals surface area contributed by atoms with Gasteiger partial charge in [0.2, 0.25) is 17.7 Å². The van der Waals surface area contributed by atoms with Crippen molar-refractivity contribution in [3.63, 3.8) is 0 Å². The lowest BCUT2D eigenvalue weighted by molar-refractivity contribution is -0.130. The van der Waals surface area contributed by atoms with Crippen molar-refractivity contribution in [1.29, 1.82) is 0 Å². The van der Waals surface area contributed by atoms with E-state index in [2.05, 4.69) is 15.6 Å². The zero-order valence-electron chi connectivity index (χ0n) is 21.9. The summed E-state index contributed by atoms with van der Waals surface area (Å²) in [5.74, 6) is -3.60. The van der Waals surface area contributed by atoms with Crippen LogP contribution < -0.4 is 15.5 Å². The molecule has 1 spiro atoms. The number of amides is 3. The van der Waals surface area contributed by atoms with Gasteiger partial charge in [-0.15, -0.1) is 0 Å². The van der Waals surface area contributed by atoms with Crippen LogP contribution in [-0.4, -0.2) is 41.3 Å². The van der Waals surface area contributed by atoms with E-state index in [4.69, 9.17) is 16.3 Å². The van der Waals surface area contributed by atoms with Gasteiger partial charge >= 0.3 is 5.97 Å². The average molecular weight is 569 g/mol. The largest absolute Gasteiger partial charge is 0.462 e. The van der Waals surface area contributed by atoms with Crippen molar-refractivity contribution >= 4 is 57.6 Å². The summed E-state index contributed by atoms with van der Waals surface area (Å²) in [6.45, 7) is 1.95. The van der Waals surface area contributed by atoms with Crippen LogP contribution in [0.3, 0.4) is 0 Å². The molecule has 41 heavy (non-hydrogen) atoms. The second-order valence-corrected chi connectivity index (χ2v) is 11.0. The number of anilines is 2. The minimum atomic E-state index is -1.48. The molecular weight excluding hydrogens is 544 g/mol. The number of hydrogen-bond donors (Lipinski definition) is 3. The number of ether oxygens (including phenoxy) is 1. The maximum atomic E-state index is 14.2. The molecule has 4 atom stereocenters. The Kier molecular flexibility index (Phi) is 5.78. The number of para-hydroxylation sites is 1. The molecule has 9 nitrogen and oxygen atoms in total. The van der Waals surface area contributed by atoms with Crippen molar-refractivity contribution in [2.45, 2.75) is 24.9 Å². The first-order valence-electron chi connectivity index (χ1n) is 13.4. The summed E-state index contributed by atoms with van der Waals surface area (Å²) in [7, 11) is 0. The minimum absolute atomic E-state index is 0.230. The van der Waals surface area contributed by atoms with E-state index in [9.17, 15) is 19.2 Å². The number of imide groups is 1. The van der Waals surface area contributed by atoms with Gasteiger partial charge in [-0.3, -0.25) is 19.7 Å². The topological polar surface area (TPSA) is 121 Å². The first kappa shape index (κ1) is 25.5. The quantitative estimate of drug-likeness (QED) is 0.245. The van der Waals surface area contributed by atoms with Crippen LogP contribution in [0.2, 0.25) is 5.02 Å². The Labute approximate surface area is 239 Å². The van der Waals surface area contributed by atoms with Gasteiger partial charge < -0.3 is 15.0 Å². The van der Waals surface area contributed by atoms with Gasteiger partial charge in [-0.2, -0.15) is 0 Å². The van der Waals surface area contributed by atoms with Crippen molar-refractivity contribution in [2.24, 2.45) is 11.8 Å². The Morgan fingerprint density at radius 3 is 2.59 bits per heavy atom. The Hall–Kier alpha value is -4.47. The highest BCUT2D eigenvalue weighted by molar-refractivity contribution is 6.31. The molecule has 0 aliphatic carbocycles. The SMILES string of the molecule is CCOC(=O)c1ccc(N2C(=O)[C@@H]3[C@H](Cc4c[nH]c5ccccc45)N[C@@]4(C(=O)Nc5ccc(Cl)cc54)[C@@H]3C2=O)cc1. The number of carbonyl (C=O) groups is 4. The van der Waals surface area contributed by atoms with Crippen molar-refractivity contribution in [3.05, 3.63) is 94.6 Å². The molecular formula is C31H25ClN4O5. The van der Waals surface area contributed by atoms with Crippen molar-refractivity contribution in [1.82, 2.24) is 10.3 Å². The molecule has 206 valence electrons. The molecule has 0 radical (unpaired) electrons. The van der Waals surface area contributed by atoms with Gasteiger partial charge in [0.05, 0.1) is 29.7 Å². The smallest absolute Gasteiger partial charge is 0.338 e. The van der Waals surface area contributed by atoms with Crippen LogP contribution in [0.4, 0.5) is 11.4 Å². The summed E-state index contributed by atoms with van der Waals surface area (Å²) in [5.41, 5.74) is 2.18. The summed E-state index contributed by atoms with van der Waals surface area (Å²) in [4.78, 5) is 58.8. The molecule has 0 unspecified atom stereocenters. The monoisotopic (exact) mass is 568 g/mol. The van der Waals surface area contributed by atoms with Crippen LogP contribution in [0, 0.1) is 11.8 Å². The number of nitrogens with one attached hydrogen (secondary N) is 3. The number of benzene rings is 3. The van der Waals surface area contributed by atoms with Crippen LogP contribution in [0.5, 0.6) is 0 Å². The molecule has 3 N–H and O–H groups in total. The highest BCUT2D eigenvalue weighted by atomic mass is 35.5. The maximum absolute atomic E-state index is 14.2. The number of esters is 1. The van der Waals surface area contributed by atoms with Crippen LogP contribution >= 0.6 is 11.6 Å². The highest BCUT2D eigenvalue weighted by Gasteiger charge is 2.70. The van der Waals surface area contributed by atoms with Gasteiger partial charge in [-0.25, -0.2) is 9.69 Å². The van der Waals surface area contributed by atoms with Gasteiger partial charge in [0.15, 0.2) is 0 Å². The molecule has 2 fully saturated rings. The molecule has 10 heteroatoms. The van der Waals surface area contributed by atoms with Gasteiger partial charge in [0.25, 0.3) is 0 Å². The third-order valence-corrected chi connectivity index (χ3v) is 8.66. The van der Waals surface area contributed by atoms with E-state index >= 15 is 0 Å². The van der Waals surface area contributed by atoms with E-state index in [-0.39, 0.29) is 6.61 Å². The minimum Gasteiger partial charge on any atom is -0.462 e. The standard InChI is InChI=1S/C31H25ClN4O5/c1-2-41-29(39)16-7-10-19(11-8-16)36-27(37)25-24(13-17-15-33-22-6-4-3-5-20(17)22)35-31(26(25)28(36)38)21-14-18(32)9-12-23(21)34-30(31)40/h3-12,14-15,24-26,33,35H,2,13H2,1H3,(H,34,40)/t24-,25+,26-,31+/m0/s1. The number of carbonyl (C=O) groups excluding carboxylic acids is 4. The summed E-state index contributed by atoms with van der Waals surface area (Å²) < 4.78 is 5.06. The van der Waals surface area contributed by atoms with Crippen molar-refractivity contribution in [3.8, 4) is 0 Å². The summed E-state index contributed by atoms with van der Waals surface area (Å²) in [6.07, 6.45) is 2.31.